The van der Waals surface area contributed by atoms with Gasteiger partial charge in [0.25, 0.3) is 5.91 Å². The van der Waals surface area contributed by atoms with Gasteiger partial charge in [-0.25, -0.2) is 0 Å². The minimum Gasteiger partial charge on any atom is -0.347 e. The molecule has 0 spiro atoms. The number of aryl methyl sites for hydroxylation is 1. The number of aromatic nitrogens is 4. The zero-order valence-corrected chi connectivity index (χ0v) is 14.2. The summed E-state index contributed by atoms with van der Waals surface area (Å²) >= 11 is 0. The van der Waals surface area contributed by atoms with Crippen LogP contribution in [0.4, 0.5) is 0 Å². The molecule has 0 bridgehead atoms. The van der Waals surface area contributed by atoms with Gasteiger partial charge in [-0.2, -0.15) is 0 Å². The standard InChI is InChI=1S/C19H21N5O/c1-22-11-6-10-17(22)19(25)23-12-5-7-15(13-23)18-21-20-14-24(18)16-8-3-2-4-9-16/h2-4,6,8-11,14-15H,5,7,12-13H2,1H3. The molecule has 1 aromatic carbocycles. The topological polar surface area (TPSA) is 56.0 Å². The Labute approximate surface area is 146 Å². The summed E-state index contributed by atoms with van der Waals surface area (Å²) in [7, 11) is 1.90. The lowest BCUT2D eigenvalue weighted by molar-refractivity contribution is 0.0694. The van der Waals surface area contributed by atoms with Gasteiger partial charge in [0.05, 0.1) is 0 Å². The van der Waals surface area contributed by atoms with Gasteiger partial charge in [0, 0.05) is 37.9 Å². The summed E-state index contributed by atoms with van der Waals surface area (Å²) in [5.41, 5.74) is 1.78. The van der Waals surface area contributed by atoms with Crippen molar-refractivity contribution in [2.45, 2.75) is 18.8 Å². The van der Waals surface area contributed by atoms with E-state index in [-0.39, 0.29) is 11.8 Å². The van der Waals surface area contributed by atoms with E-state index in [1.54, 1.807) is 6.33 Å². The van der Waals surface area contributed by atoms with E-state index in [0.29, 0.717) is 6.54 Å². The third-order valence-corrected chi connectivity index (χ3v) is 4.85. The van der Waals surface area contributed by atoms with Crippen LogP contribution < -0.4 is 0 Å². The van der Waals surface area contributed by atoms with Gasteiger partial charge in [0.15, 0.2) is 0 Å². The Morgan fingerprint density at radius 1 is 1.16 bits per heavy atom. The summed E-state index contributed by atoms with van der Waals surface area (Å²) in [6, 6.07) is 13.9. The summed E-state index contributed by atoms with van der Waals surface area (Å²) in [4.78, 5) is 14.8. The highest BCUT2D eigenvalue weighted by molar-refractivity contribution is 5.92. The van der Waals surface area contributed by atoms with Crippen molar-refractivity contribution in [3.8, 4) is 5.69 Å². The molecule has 0 saturated carbocycles. The molecule has 1 fully saturated rings. The van der Waals surface area contributed by atoms with Crippen molar-refractivity contribution < 1.29 is 4.79 Å². The lowest BCUT2D eigenvalue weighted by atomic mass is 9.96. The molecule has 128 valence electrons. The van der Waals surface area contributed by atoms with Crippen LogP contribution in [0.3, 0.4) is 0 Å². The number of para-hydroxylation sites is 1. The molecule has 1 aliphatic heterocycles. The first-order valence-corrected chi connectivity index (χ1v) is 8.60. The number of nitrogens with zero attached hydrogens (tertiary/aromatic N) is 5. The second kappa shape index (κ2) is 6.55. The van der Waals surface area contributed by atoms with Gasteiger partial charge in [-0.3, -0.25) is 9.36 Å². The third-order valence-electron chi connectivity index (χ3n) is 4.85. The van der Waals surface area contributed by atoms with Crippen molar-refractivity contribution in [1.82, 2.24) is 24.2 Å². The number of likely N-dealkylation sites (tertiary alicyclic amines) is 1. The van der Waals surface area contributed by atoms with Gasteiger partial charge < -0.3 is 9.47 Å². The Kier molecular flexibility index (Phi) is 4.09. The second-order valence-electron chi connectivity index (χ2n) is 6.49. The number of piperidine rings is 1. The fraction of sp³-hybridized carbons (Fsp3) is 0.316. The number of hydrogen-bond acceptors (Lipinski definition) is 3. The highest BCUT2D eigenvalue weighted by Gasteiger charge is 2.29. The fourth-order valence-corrected chi connectivity index (χ4v) is 3.53. The van der Waals surface area contributed by atoms with Crippen LogP contribution in [0, 0.1) is 0 Å². The molecule has 6 heteroatoms. The first kappa shape index (κ1) is 15.6. The molecule has 1 unspecified atom stereocenters. The SMILES string of the molecule is Cn1cccc1C(=O)N1CCCC(c2nncn2-c2ccccc2)C1. The molecule has 1 saturated heterocycles. The first-order valence-electron chi connectivity index (χ1n) is 8.60. The highest BCUT2D eigenvalue weighted by Crippen LogP contribution is 2.28. The zero-order valence-electron chi connectivity index (χ0n) is 14.2. The number of benzene rings is 1. The van der Waals surface area contributed by atoms with Crippen molar-refractivity contribution in [1.29, 1.82) is 0 Å². The minimum absolute atomic E-state index is 0.0861. The van der Waals surface area contributed by atoms with Crippen molar-refractivity contribution in [3.05, 3.63) is 66.5 Å². The molecule has 1 atom stereocenters. The van der Waals surface area contributed by atoms with E-state index >= 15 is 0 Å². The predicted octanol–water partition coefficient (Wildman–Crippen LogP) is 2.63. The van der Waals surface area contributed by atoms with Crippen molar-refractivity contribution in [2.75, 3.05) is 13.1 Å². The van der Waals surface area contributed by atoms with Crippen LogP contribution in [0.1, 0.15) is 35.1 Å². The summed E-state index contributed by atoms with van der Waals surface area (Å²) in [6.45, 7) is 1.47. The number of hydrogen-bond donors (Lipinski definition) is 0. The zero-order chi connectivity index (χ0) is 17.2. The number of carbonyl (C=O) groups excluding carboxylic acids is 1. The van der Waals surface area contributed by atoms with Crippen LogP contribution in [0.5, 0.6) is 0 Å². The van der Waals surface area contributed by atoms with Gasteiger partial charge >= 0.3 is 0 Å². The van der Waals surface area contributed by atoms with E-state index < -0.39 is 0 Å². The smallest absolute Gasteiger partial charge is 0.270 e. The molecule has 1 amide bonds. The molecule has 0 aliphatic carbocycles. The first-order chi connectivity index (χ1) is 12.2. The summed E-state index contributed by atoms with van der Waals surface area (Å²) in [5.74, 6) is 1.21. The van der Waals surface area contributed by atoms with E-state index in [9.17, 15) is 4.79 Å². The van der Waals surface area contributed by atoms with Crippen molar-refractivity contribution in [2.24, 2.45) is 7.05 Å². The molecule has 4 rings (SSSR count). The Morgan fingerprint density at radius 3 is 2.76 bits per heavy atom. The number of carbonyl (C=O) groups is 1. The number of rotatable bonds is 3. The Hall–Kier alpha value is -2.89. The predicted molar refractivity (Wildman–Crippen MR) is 94.7 cm³/mol. The summed E-state index contributed by atoms with van der Waals surface area (Å²) in [5, 5.41) is 8.47. The molecule has 3 heterocycles. The molecule has 25 heavy (non-hydrogen) atoms. The number of amides is 1. The van der Waals surface area contributed by atoms with E-state index in [0.717, 1.165) is 36.6 Å². The molecule has 3 aromatic rings. The lowest BCUT2D eigenvalue weighted by Gasteiger charge is -2.32. The average molecular weight is 335 g/mol. The monoisotopic (exact) mass is 335 g/mol. The van der Waals surface area contributed by atoms with Crippen LogP contribution >= 0.6 is 0 Å². The van der Waals surface area contributed by atoms with Gasteiger partial charge in [0.2, 0.25) is 0 Å². The maximum absolute atomic E-state index is 12.8. The third kappa shape index (κ3) is 2.95. The van der Waals surface area contributed by atoms with E-state index in [1.165, 1.54) is 0 Å². The molecule has 6 nitrogen and oxygen atoms in total. The molecular formula is C19H21N5O. The van der Waals surface area contributed by atoms with Gasteiger partial charge in [-0.15, -0.1) is 10.2 Å². The van der Waals surface area contributed by atoms with Crippen LogP contribution in [0.15, 0.2) is 55.0 Å². The van der Waals surface area contributed by atoms with Gasteiger partial charge in [-0.05, 0) is 37.1 Å². The van der Waals surface area contributed by atoms with E-state index in [2.05, 4.69) is 10.2 Å². The Balaban J connectivity index is 1.58. The maximum atomic E-state index is 12.8. The minimum atomic E-state index is 0.0861. The Morgan fingerprint density at radius 2 is 2.00 bits per heavy atom. The van der Waals surface area contributed by atoms with Gasteiger partial charge in [-0.1, -0.05) is 18.2 Å². The molecular weight excluding hydrogens is 314 g/mol. The quantitative estimate of drug-likeness (QED) is 0.739. The second-order valence-corrected chi connectivity index (χ2v) is 6.49. The summed E-state index contributed by atoms with van der Waals surface area (Å²) < 4.78 is 3.90. The average Bonchev–Trinajstić information content (AvgIpc) is 3.31. The van der Waals surface area contributed by atoms with Crippen molar-refractivity contribution >= 4 is 5.91 Å². The van der Waals surface area contributed by atoms with E-state index in [1.807, 2.05) is 69.7 Å². The maximum Gasteiger partial charge on any atom is 0.270 e. The Bertz CT molecular complexity index is 867. The van der Waals surface area contributed by atoms with E-state index in [4.69, 9.17) is 0 Å². The van der Waals surface area contributed by atoms with Crippen LogP contribution in [0.2, 0.25) is 0 Å². The normalized spacial score (nSPS) is 17.6. The molecule has 2 aromatic heterocycles. The largest absolute Gasteiger partial charge is 0.347 e. The molecule has 0 radical (unpaired) electrons. The van der Waals surface area contributed by atoms with Crippen LogP contribution in [0.25, 0.3) is 5.69 Å². The fourth-order valence-electron chi connectivity index (χ4n) is 3.53. The highest BCUT2D eigenvalue weighted by atomic mass is 16.2. The van der Waals surface area contributed by atoms with Gasteiger partial charge in [0.1, 0.15) is 17.8 Å². The van der Waals surface area contributed by atoms with Crippen LogP contribution in [-0.2, 0) is 7.05 Å². The summed E-state index contributed by atoms with van der Waals surface area (Å²) in [6.07, 6.45) is 5.65. The van der Waals surface area contributed by atoms with Crippen LogP contribution in [-0.4, -0.2) is 43.2 Å². The van der Waals surface area contributed by atoms with Crippen molar-refractivity contribution in [3.63, 3.8) is 0 Å². The molecule has 0 N–H and O–H groups in total. The molecule has 1 aliphatic rings. The lowest BCUT2D eigenvalue weighted by Crippen LogP contribution is -2.40.